The van der Waals surface area contributed by atoms with Crippen molar-refractivity contribution >= 4 is 23.1 Å². The Balaban J connectivity index is 2.66. The number of imidazole rings is 2. The van der Waals surface area contributed by atoms with Gasteiger partial charge in [-0.25, -0.2) is 4.98 Å². The van der Waals surface area contributed by atoms with Crippen molar-refractivity contribution in [1.82, 2.24) is 14.0 Å². The predicted molar refractivity (Wildman–Crippen MR) is 61.8 cm³/mol. The van der Waals surface area contributed by atoms with Crippen molar-refractivity contribution in [2.45, 2.75) is 6.92 Å². The third-order valence-electron chi connectivity index (χ3n) is 2.97. The van der Waals surface area contributed by atoms with E-state index >= 15 is 0 Å². The molecule has 0 saturated carbocycles. The molecule has 4 heteroatoms. The highest BCUT2D eigenvalue weighted by Crippen LogP contribution is 2.21. The van der Waals surface area contributed by atoms with Gasteiger partial charge < -0.3 is 4.57 Å². The van der Waals surface area contributed by atoms with Crippen LogP contribution in [-0.4, -0.2) is 20.2 Å². The second-order valence-electron chi connectivity index (χ2n) is 3.88. The van der Waals surface area contributed by atoms with Crippen molar-refractivity contribution in [2.24, 2.45) is 7.05 Å². The molecule has 0 spiro atoms. The lowest BCUT2D eigenvalue weighted by molar-refractivity contribution is 0.111. The molecule has 2 heterocycles. The fraction of sp³-hybridized carbons (Fsp3) is 0.167. The topological polar surface area (TPSA) is 39.3 Å². The van der Waals surface area contributed by atoms with E-state index in [0.717, 1.165) is 28.8 Å². The number of hydrogen-bond donors (Lipinski definition) is 0. The molecule has 80 valence electrons. The number of aryl methyl sites for hydroxylation is 2. The second-order valence-corrected chi connectivity index (χ2v) is 3.88. The first-order valence-electron chi connectivity index (χ1n) is 5.11. The van der Waals surface area contributed by atoms with E-state index in [1.807, 2.05) is 47.2 Å². The Hall–Kier alpha value is -2.10. The summed E-state index contributed by atoms with van der Waals surface area (Å²) in [5.41, 5.74) is 3.49. The summed E-state index contributed by atoms with van der Waals surface area (Å²) in [6.07, 6.45) is 0.863. The van der Waals surface area contributed by atoms with Gasteiger partial charge in [-0.15, -0.1) is 0 Å². The van der Waals surface area contributed by atoms with Crippen LogP contribution in [0.15, 0.2) is 24.3 Å². The van der Waals surface area contributed by atoms with Crippen LogP contribution in [0.1, 0.15) is 16.2 Å². The van der Waals surface area contributed by atoms with E-state index in [2.05, 4.69) is 4.98 Å². The average molecular weight is 213 g/mol. The van der Waals surface area contributed by atoms with Crippen molar-refractivity contribution in [3.8, 4) is 0 Å². The third-order valence-corrected chi connectivity index (χ3v) is 2.97. The van der Waals surface area contributed by atoms with Gasteiger partial charge in [0.05, 0.1) is 16.7 Å². The molecule has 0 N–H and O–H groups in total. The summed E-state index contributed by atoms with van der Waals surface area (Å²) in [5, 5.41) is 0. The van der Waals surface area contributed by atoms with Crippen molar-refractivity contribution < 1.29 is 4.79 Å². The van der Waals surface area contributed by atoms with Crippen LogP contribution in [0.3, 0.4) is 0 Å². The van der Waals surface area contributed by atoms with Gasteiger partial charge in [-0.2, -0.15) is 0 Å². The number of benzene rings is 1. The quantitative estimate of drug-likeness (QED) is 0.579. The number of para-hydroxylation sites is 2. The molecule has 3 rings (SSSR count). The van der Waals surface area contributed by atoms with Crippen molar-refractivity contribution in [3.63, 3.8) is 0 Å². The number of carbonyl (C=O) groups is 1. The van der Waals surface area contributed by atoms with E-state index in [1.165, 1.54) is 0 Å². The Morgan fingerprint density at radius 2 is 1.94 bits per heavy atom. The van der Waals surface area contributed by atoms with E-state index in [4.69, 9.17) is 0 Å². The van der Waals surface area contributed by atoms with Crippen LogP contribution < -0.4 is 0 Å². The lowest BCUT2D eigenvalue weighted by atomic mass is 10.3. The van der Waals surface area contributed by atoms with Gasteiger partial charge in [-0.1, -0.05) is 12.1 Å². The van der Waals surface area contributed by atoms with Crippen molar-refractivity contribution in [1.29, 1.82) is 0 Å². The maximum atomic E-state index is 11.1. The highest BCUT2D eigenvalue weighted by atomic mass is 16.1. The van der Waals surface area contributed by atoms with Crippen LogP contribution in [0, 0.1) is 6.92 Å². The van der Waals surface area contributed by atoms with Gasteiger partial charge in [0.2, 0.25) is 5.78 Å². The Bertz CT molecular complexity index is 706. The maximum absolute atomic E-state index is 11.1. The number of fused-ring (bicyclic) bond motifs is 3. The van der Waals surface area contributed by atoms with Gasteiger partial charge in [0, 0.05) is 7.05 Å². The van der Waals surface area contributed by atoms with Gasteiger partial charge in [0.15, 0.2) is 6.29 Å². The summed E-state index contributed by atoms with van der Waals surface area (Å²) in [4.78, 5) is 15.5. The van der Waals surface area contributed by atoms with E-state index in [0.29, 0.717) is 5.69 Å². The summed E-state index contributed by atoms with van der Waals surface area (Å²) in [6, 6.07) is 7.96. The molecule has 0 fully saturated rings. The minimum absolute atomic E-state index is 0.631. The van der Waals surface area contributed by atoms with E-state index < -0.39 is 0 Å². The molecule has 3 aromatic rings. The second kappa shape index (κ2) is 2.95. The number of carbonyl (C=O) groups excluding carboxylic acids is 1. The number of aromatic nitrogens is 3. The number of nitrogens with zero attached hydrogens (tertiary/aromatic N) is 3. The minimum atomic E-state index is 0.631. The molecular formula is C12H11N3O. The average Bonchev–Trinajstić information content (AvgIpc) is 2.76. The van der Waals surface area contributed by atoms with Crippen LogP contribution in [0.2, 0.25) is 0 Å². The molecule has 0 atom stereocenters. The first kappa shape index (κ1) is 9.15. The van der Waals surface area contributed by atoms with E-state index in [9.17, 15) is 4.79 Å². The summed E-state index contributed by atoms with van der Waals surface area (Å²) in [5.74, 6) is 0.806. The van der Waals surface area contributed by atoms with Crippen LogP contribution >= 0.6 is 0 Å². The minimum Gasteiger partial charge on any atom is -0.313 e. The zero-order chi connectivity index (χ0) is 11.3. The number of rotatable bonds is 1. The zero-order valence-electron chi connectivity index (χ0n) is 9.14. The lowest BCUT2D eigenvalue weighted by Crippen LogP contribution is -1.90. The molecule has 1 aromatic carbocycles. The molecule has 0 saturated heterocycles. The Morgan fingerprint density at radius 1 is 1.25 bits per heavy atom. The van der Waals surface area contributed by atoms with Crippen LogP contribution in [-0.2, 0) is 7.05 Å². The van der Waals surface area contributed by atoms with Gasteiger partial charge in [0.1, 0.15) is 5.69 Å². The Labute approximate surface area is 92.1 Å². The number of hydrogen-bond acceptors (Lipinski definition) is 2. The fourth-order valence-corrected chi connectivity index (χ4v) is 2.17. The normalized spacial score (nSPS) is 11.4. The first-order chi connectivity index (χ1) is 7.74. The molecule has 0 aliphatic rings. The molecule has 0 bridgehead atoms. The van der Waals surface area contributed by atoms with Crippen molar-refractivity contribution in [3.05, 3.63) is 35.7 Å². The highest BCUT2D eigenvalue weighted by molar-refractivity contribution is 5.86. The third kappa shape index (κ3) is 0.934. The molecule has 0 amide bonds. The zero-order valence-corrected chi connectivity index (χ0v) is 9.14. The monoisotopic (exact) mass is 213 g/mol. The Morgan fingerprint density at radius 3 is 2.62 bits per heavy atom. The SMILES string of the molecule is Cc1nc2n(C)c3ccccc3n2c1C=O. The van der Waals surface area contributed by atoms with Crippen LogP contribution in [0.25, 0.3) is 16.8 Å². The lowest BCUT2D eigenvalue weighted by Gasteiger charge is -1.94. The molecule has 4 nitrogen and oxygen atoms in total. The summed E-state index contributed by atoms with van der Waals surface area (Å²) < 4.78 is 3.90. The highest BCUT2D eigenvalue weighted by Gasteiger charge is 2.14. The molecule has 16 heavy (non-hydrogen) atoms. The van der Waals surface area contributed by atoms with Crippen LogP contribution in [0.4, 0.5) is 0 Å². The standard InChI is InChI=1S/C12H11N3O/c1-8-11(7-16)15-10-6-4-3-5-9(10)14(2)12(15)13-8/h3-7H,1-2H3. The molecule has 0 aliphatic carbocycles. The summed E-state index contributed by atoms with van der Waals surface area (Å²) >= 11 is 0. The predicted octanol–water partition coefficient (Wildman–Crippen LogP) is 1.95. The smallest absolute Gasteiger partial charge is 0.215 e. The molecule has 0 aliphatic heterocycles. The van der Waals surface area contributed by atoms with Gasteiger partial charge in [-0.3, -0.25) is 9.20 Å². The summed E-state index contributed by atoms with van der Waals surface area (Å²) in [6.45, 7) is 1.85. The largest absolute Gasteiger partial charge is 0.313 e. The Kier molecular flexibility index (Phi) is 1.68. The maximum Gasteiger partial charge on any atom is 0.215 e. The number of aldehydes is 1. The molecule has 0 radical (unpaired) electrons. The van der Waals surface area contributed by atoms with Gasteiger partial charge >= 0.3 is 0 Å². The van der Waals surface area contributed by atoms with Crippen molar-refractivity contribution in [2.75, 3.05) is 0 Å². The molecular weight excluding hydrogens is 202 g/mol. The fourth-order valence-electron chi connectivity index (χ4n) is 2.17. The summed E-state index contributed by atoms with van der Waals surface area (Å²) in [7, 11) is 1.96. The first-order valence-corrected chi connectivity index (χ1v) is 5.11. The van der Waals surface area contributed by atoms with Crippen LogP contribution in [0.5, 0.6) is 0 Å². The van der Waals surface area contributed by atoms with E-state index in [-0.39, 0.29) is 0 Å². The van der Waals surface area contributed by atoms with Gasteiger partial charge in [-0.05, 0) is 19.1 Å². The van der Waals surface area contributed by atoms with Gasteiger partial charge in [0.25, 0.3) is 0 Å². The molecule has 2 aromatic heterocycles. The molecule has 0 unspecified atom stereocenters. The van der Waals surface area contributed by atoms with E-state index in [1.54, 1.807) is 0 Å².